The highest BCUT2D eigenvalue weighted by Gasteiger charge is 2.38. The molecule has 174 valence electrons. The third-order valence-electron chi connectivity index (χ3n) is 5.92. The van der Waals surface area contributed by atoms with Crippen molar-refractivity contribution in [2.75, 3.05) is 24.6 Å². The number of esters is 1. The lowest BCUT2D eigenvalue weighted by Gasteiger charge is -2.34. The van der Waals surface area contributed by atoms with Crippen LogP contribution in [0.5, 0.6) is 0 Å². The molecule has 0 radical (unpaired) electrons. The second kappa shape index (κ2) is 9.19. The molecule has 0 aliphatic carbocycles. The van der Waals surface area contributed by atoms with E-state index >= 15 is 0 Å². The number of hydrogen-bond acceptors (Lipinski definition) is 6. The first kappa shape index (κ1) is 23.3. The number of piperidine rings is 1. The van der Waals surface area contributed by atoms with Gasteiger partial charge in [-0.25, -0.2) is 13.2 Å². The molecule has 1 amide bonds. The summed E-state index contributed by atoms with van der Waals surface area (Å²) < 4.78 is 32.0. The zero-order valence-corrected chi connectivity index (χ0v) is 20.0. The molecule has 0 atom stereocenters. The fraction of sp³-hybridized carbons (Fsp3) is 0.333. The van der Waals surface area contributed by atoms with E-state index in [1.54, 1.807) is 41.0 Å². The Bertz CT molecular complexity index is 1230. The normalized spacial score (nSPS) is 17.8. The second-order valence-corrected chi connectivity index (χ2v) is 10.5. The number of carbonyl (C=O) groups excluding carboxylic acids is 2. The van der Waals surface area contributed by atoms with Crippen molar-refractivity contribution in [2.45, 2.75) is 31.6 Å². The van der Waals surface area contributed by atoms with E-state index in [2.05, 4.69) is 6.92 Å². The minimum absolute atomic E-state index is 0.00957. The molecule has 9 heteroatoms. The highest BCUT2D eigenvalue weighted by atomic mass is 35.5. The van der Waals surface area contributed by atoms with Crippen LogP contribution >= 0.6 is 11.6 Å². The number of ether oxygens (including phenoxy) is 1. The predicted octanol–water partition coefficient (Wildman–Crippen LogP) is 4.54. The summed E-state index contributed by atoms with van der Waals surface area (Å²) in [5.41, 5.74) is 1.14. The number of hydrogen-bond donors (Lipinski definition) is 0. The van der Waals surface area contributed by atoms with Gasteiger partial charge in [0.05, 0.1) is 22.8 Å². The van der Waals surface area contributed by atoms with Crippen molar-refractivity contribution >= 4 is 44.7 Å². The van der Waals surface area contributed by atoms with Crippen LogP contribution in [0.1, 0.15) is 37.0 Å². The third-order valence-corrected chi connectivity index (χ3v) is 7.94. The number of rotatable bonds is 4. The topological polar surface area (TPSA) is 84.0 Å². The summed E-state index contributed by atoms with van der Waals surface area (Å²) in [4.78, 5) is 28.5. The summed E-state index contributed by atoms with van der Waals surface area (Å²) in [7, 11) is -4.06. The molecule has 0 N–H and O–H groups in total. The standard InChI is InChI=1S/C24H25ClN2O5S/c1-3-32-24(29)17-5-4-6-19(13-17)27-15-22(23(28)26-11-9-16(2)10-12-26)33(30,31)21-8-7-18(25)14-20(21)27/h4-8,13-16H,3,9-12H2,1-2H3. The zero-order chi connectivity index (χ0) is 23.8. The average Bonchev–Trinajstić information content (AvgIpc) is 2.79. The van der Waals surface area contributed by atoms with Gasteiger partial charge in [0.2, 0.25) is 9.84 Å². The van der Waals surface area contributed by atoms with Gasteiger partial charge in [-0.2, -0.15) is 0 Å². The van der Waals surface area contributed by atoms with Gasteiger partial charge >= 0.3 is 5.97 Å². The molecule has 2 aromatic carbocycles. The van der Waals surface area contributed by atoms with Gasteiger partial charge in [0, 0.05) is 30.0 Å². The quantitative estimate of drug-likeness (QED) is 0.587. The van der Waals surface area contributed by atoms with Crippen LogP contribution in [0.4, 0.5) is 11.4 Å². The van der Waals surface area contributed by atoms with Crippen LogP contribution in [0.25, 0.3) is 0 Å². The molecule has 4 rings (SSSR count). The Labute approximate surface area is 198 Å². The molecule has 33 heavy (non-hydrogen) atoms. The molecular formula is C24H25ClN2O5S. The summed E-state index contributed by atoms with van der Waals surface area (Å²) >= 11 is 6.19. The van der Waals surface area contributed by atoms with Crippen molar-refractivity contribution in [1.82, 2.24) is 4.90 Å². The lowest BCUT2D eigenvalue weighted by Crippen LogP contribution is -2.41. The first-order chi connectivity index (χ1) is 15.7. The van der Waals surface area contributed by atoms with Crippen molar-refractivity contribution in [1.29, 1.82) is 0 Å². The molecule has 0 aromatic heterocycles. The summed E-state index contributed by atoms with van der Waals surface area (Å²) in [5.74, 6) is -0.511. The average molecular weight is 489 g/mol. The van der Waals surface area contributed by atoms with Crippen molar-refractivity contribution < 1.29 is 22.7 Å². The maximum atomic E-state index is 13.4. The Balaban J connectivity index is 1.82. The molecule has 1 fully saturated rings. The number of likely N-dealkylation sites (tertiary alicyclic amines) is 1. The lowest BCUT2D eigenvalue weighted by molar-refractivity contribution is -0.127. The van der Waals surface area contributed by atoms with Crippen molar-refractivity contribution in [3.8, 4) is 0 Å². The summed E-state index contributed by atoms with van der Waals surface area (Å²) in [6, 6.07) is 11.1. The Kier molecular flexibility index (Phi) is 6.50. The monoisotopic (exact) mass is 488 g/mol. The third kappa shape index (κ3) is 4.50. The van der Waals surface area contributed by atoms with E-state index in [9.17, 15) is 18.0 Å². The maximum absolute atomic E-state index is 13.4. The molecule has 0 unspecified atom stereocenters. The van der Waals surface area contributed by atoms with Gasteiger partial charge < -0.3 is 14.5 Å². The molecule has 2 aliphatic rings. The van der Waals surface area contributed by atoms with E-state index in [1.165, 1.54) is 24.4 Å². The smallest absolute Gasteiger partial charge is 0.338 e. The van der Waals surface area contributed by atoms with Crippen molar-refractivity contribution in [3.05, 3.63) is 64.2 Å². The predicted molar refractivity (Wildman–Crippen MR) is 126 cm³/mol. The summed E-state index contributed by atoms with van der Waals surface area (Å²) in [6.07, 6.45) is 2.99. The van der Waals surface area contributed by atoms with E-state index in [0.717, 1.165) is 12.8 Å². The van der Waals surface area contributed by atoms with Crippen LogP contribution in [0, 0.1) is 5.92 Å². The number of halogens is 1. The number of amides is 1. The van der Waals surface area contributed by atoms with Gasteiger partial charge in [0.15, 0.2) is 4.91 Å². The van der Waals surface area contributed by atoms with E-state index < -0.39 is 21.7 Å². The number of carbonyl (C=O) groups is 2. The van der Waals surface area contributed by atoms with Gasteiger partial charge in [-0.3, -0.25) is 4.79 Å². The van der Waals surface area contributed by atoms with Gasteiger partial charge in [-0.05, 0) is 62.1 Å². The fourth-order valence-electron chi connectivity index (χ4n) is 4.03. The number of fused-ring (bicyclic) bond motifs is 1. The van der Waals surface area contributed by atoms with Crippen LogP contribution in [0.2, 0.25) is 5.02 Å². The highest BCUT2D eigenvalue weighted by molar-refractivity contribution is 7.96. The van der Waals surface area contributed by atoms with Gasteiger partial charge in [-0.1, -0.05) is 24.6 Å². The molecule has 0 bridgehead atoms. The number of nitrogens with zero attached hydrogens (tertiary/aromatic N) is 2. The minimum atomic E-state index is -4.06. The first-order valence-electron chi connectivity index (χ1n) is 10.8. The summed E-state index contributed by atoms with van der Waals surface area (Å²) in [5, 5.41) is 0.351. The van der Waals surface area contributed by atoms with Crippen molar-refractivity contribution in [3.63, 3.8) is 0 Å². The lowest BCUT2D eigenvalue weighted by atomic mass is 9.99. The molecule has 0 saturated carbocycles. The molecule has 7 nitrogen and oxygen atoms in total. The first-order valence-corrected chi connectivity index (χ1v) is 12.7. The number of anilines is 2. The second-order valence-electron chi connectivity index (χ2n) is 8.22. The number of sulfone groups is 1. The Morgan fingerprint density at radius 2 is 1.85 bits per heavy atom. The fourth-order valence-corrected chi connectivity index (χ4v) is 5.72. The highest BCUT2D eigenvalue weighted by Crippen LogP contribution is 2.41. The molecule has 2 aliphatic heterocycles. The molecular weight excluding hydrogens is 464 g/mol. The maximum Gasteiger partial charge on any atom is 0.338 e. The van der Waals surface area contributed by atoms with Crippen LogP contribution in [0.15, 0.2) is 58.5 Å². The molecule has 2 heterocycles. The minimum Gasteiger partial charge on any atom is -0.462 e. The van der Waals surface area contributed by atoms with Crippen LogP contribution in [-0.4, -0.2) is 44.9 Å². The molecule has 0 spiro atoms. The molecule has 2 aromatic rings. The van der Waals surface area contributed by atoms with Crippen molar-refractivity contribution in [2.24, 2.45) is 5.92 Å². The van der Waals surface area contributed by atoms with E-state index in [-0.39, 0.29) is 16.4 Å². The van der Waals surface area contributed by atoms with Gasteiger partial charge in [0.1, 0.15) is 0 Å². The van der Waals surface area contributed by atoms with Crippen LogP contribution in [0.3, 0.4) is 0 Å². The summed E-state index contributed by atoms with van der Waals surface area (Å²) in [6.45, 7) is 5.10. The van der Waals surface area contributed by atoms with E-state index in [4.69, 9.17) is 16.3 Å². The van der Waals surface area contributed by atoms with Crippen LogP contribution in [-0.2, 0) is 19.4 Å². The Morgan fingerprint density at radius 3 is 2.55 bits per heavy atom. The Morgan fingerprint density at radius 1 is 1.12 bits per heavy atom. The van der Waals surface area contributed by atoms with E-state index in [1.807, 2.05) is 0 Å². The SMILES string of the molecule is CCOC(=O)c1cccc(N2C=C(C(=O)N3CCC(C)CC3)S(=O)(=O)c3ccc(Cl)cc32)c1. The van der Waals surface area contributed by atoms with Crippen LogP contribution < -0.4 is 4.90 Å². The largest absolute Gasteiger partial charge is 0.462 e. The number of benzene rings is 2. The zero-order valence-electron chi connectivity index (χ0n) is 18.5. The Hall–Kier alpha value is -2.84. The van der Waals surface area contributed by atoms with E-state index in [0.29, 0.717) is 41.0 Å². The molecule has 1 saturated heterocycles. The van der Waals surface area contributed by atoms with Gasteiger partial charge in [0.25, 0.3) is 5.91 Å². The van der Waals surface area contributed by atoms with Gasteiger partial charge in [-0.15, -0.1) is 0 Å².